The maximum absolute atomic E-state index is 11.7. The molecule has 198 valence electrons. The Kier molecular flexibility index (Phi) is 9.15. The molecule has 1 aliphatic rings. The van der Waals surface area contributed by atoms with Crippen LogP contribution >= 0.6 is 11.8 Å². The first-order valence-electron chi connectivity index (χ1n) is 12.9. The molecule has 0 radical (unpaired) electrons. The summed E-state index contributed by atoms with van der Waals surface area (Å²) in [6.07, 6.45) is 1.89. The van der Waals surface area contributed by atoms with E-state index in [0.717, 1.165) is 47.0 Å². The highest BCUT2D eigenvalue weighted by molar-refractivity contribution is 8.15. The van der Waals surface area contributed by atoms with Crippen molar-refractivity contribution in [2.75, 3.05) is 6.61 Å². The molecule has 3 rings (SSSR count). The van der Waals surface area contributed by atoms with Crippen LogP contribution in [0.25, 0.3) is 0 Å². The van der Waals surface area contributed by atoms with Crippen molar-refractivity contribution in [1.82, 2.24) is 5.32 Å². The standard InChI is InChI=1S/C31H39NO4S/c1-8-31(9-2,24-15-16-25(21(4)18-24)36-19-27(33)30(5,6)7)23-14-13-22(20(3)17-23)11-10-12-26-28(34)32-29(35)37-26/h13-18,26-27,33H,8-9,11,19H2,1-7H3,(H,32,34,35). The number of carbonyl (C=O) groups is 2. The number of aliphatic hydroxyl groups excluding tert-OH is 1. The average molecular weight is 522 g/mol. The fourth-order valence-electron chi connectivity index (χ4n) is 4.64. The summed E-state index contributed by atoms with van der Waals surface area (Å²) in [6.45, 7) is 14.9. The molecule has 1 aliphatic heterocycles. The van der Waals surface area contributed by atoms with E-state index in [-0.39, 0.29) is 28.6 Å². The average Bonchev–Trinajstić information content (AvgIpc) is 3.16. The molecular formula is C31H39NO4S. The maximum atomic E-state index is 11.7. The number of aryl methyl sites for hydroxylation is 2. The van der Waals surface area contributed by atoms with E-state index in [0.29, 0.717) is 6.42 Å². The molecule has 2 aromatic rings. The Morgan fingerprint density at radius 3 is 2.16 bits per heavy atom. The molecule has 2 unspecified atom stereocenters. The third-order valence-electron chi connectivity index (χ3n) is 7.43. The van der Waals surface area contributed by atoms with Gasteiger partial charge in [-0.15, -0.1) is 0 Å². The van der Waals surface area contributed by atoms with Gasteiger partial charge in [-0.25, -0.2) is 0 Å². The lowest BCUT2D eigenvalue weighted by Crippen LogP contribution is -2.32. The summed E-state index contributed by atoms with van der Waals surface area (Å²) in [6, 6.07) is 13.0. The van der Waals surface area contributed by atoms with Crippen molar-refractivity contribution in [1.29, 1.82) is 0 Å². The van der Waals surface area contributed by atoms with Gasteiger partial charge in [0.25, 0.3) is 11.1 Å². The minimum atomic E-state index is -0.619. The summed E-state index contributed by atoms with van der Waals surface area (Å²) in [5.41, 5.74) is 5.48. The van der Waals surface area contributed by atoms with Gasteiger partial charge in [-0.1, -0.05) is 76.8 Å². The van der Waals surface area contributed by atoms with Crippen molar-refractivity contribution in [2.24, 2.45) is 5.41 Å². The van der Waals surface area contributed by atoms with Gasteiger partial charge < -0.3 is 9.84 Å². The van der Waals surface area contributed by atoms with Crippen LogP contribution in [0.5, 0.6) is 5.75 Å². The number of benzene rings is 2. The summed E-state index contributed by atoms with van der Waals surface area (Å²) < 4.78 is 5.98. The molecule has 2 aromatic carbocycles. The predicted molar refractivity (Wildman–Crippen MR) is 151 cm³/mol. The van der Waals surface area contributed by atoms with Gasteiger partial charge in [-0.3, -0.25) is 14.9 Å². The summed E-state index contributed by atoms with van der Waals surface area (Å²) in [5, 5.41) is 11.7. The molecule has 5 nitrogen and oxygen atoms in total. The van der Waals surface area contributed by atoms with Crippen LogP contribution in [0.1, 0.15) is 75.3 Å². The molecular weight excluding hydrogens is 482 g/mol. The van der Waals surface area contributed by atoms with Crippen molar-refractivity contribution in [3.05, 3.63) is 64.2 Å². The van der Waals surface area contributed by atoms with Crippen molar-refractivity contribution in [3.8, 4) is 17.6 Å². The highest BCUT2D eigenvalue weighted by atomic mass is 32.2. The van der Waals surface area contributed by atoms with E-state index < -0.39 is 11.4 Å². The molecule has 1 saturated heterocycles. The minimum Gasteiger partial charge on any atom is -0.491 e. The van der Waals surface area contributed by atoms with Gasteiger partial charge in [0.2, 0.25) is 0 Å². The Labute approximate surface area is 225 Å². The molecule has 0 spiro atoms. The predicted octanol–water partition coefficient (Wildman–Crippen LogP) is 6.09. The fourth-order valence-corrected chi connectivity index (χ4v) is 5.32. The smallest absolute Gasteiger partial charge is 0.287 e. The van der Waals surface area contributed by atoms with Gasteiger partial charge in [0, 0.05) is 11.8 Å². The topological polar surface area (TPSA) is 75.6 Å². The zero-order valence-corrected chi connectivity index (χ0v) is 23.8. The number of imide groups is 1. The minimum absolute atomic E-state index is 0.137. The quantitative estimate of drug-likeness (QED) is 0.411. The lowest BCUT2D eigenvalue weighted by atomic mass is 9.70. The molecule has 0 bridgehead atoms. The van der Waals surface area contributed by atoms with E-state index in [9.17, 15) is 14.7 Å². The number of nitrogens with one attached hydrogen (secondary N) is 1. The molecule has 0 aromatic heterocycles. The Morgan fingerprint density at radius 1 is 1.03 bits per heavy atom. The fraction of sp³-hybridized carbons (Fsp3) is 0.484. The Balaban J connectivity index is 1.82. The third-order valence-corrected chi connectivity index (χ3v) is 8.31. The molecule has 2 atom stereocenters. The normalized spacial score (nSPS) is 16.7. The first-order chi connectivity index (χ1) is 17.4. The maximum Gasteiger partial charge on any atom is 0.287 e. The number of carbonyl (C=O) groups excluding carboxylic acids is 2. The van der Waals surface area contributed by atoms with E-state index in [2.05, 4.69) is 75.2 Å². The summed E-state index contributed by atoms with van der Waals surface area (Å²) in [7, 11) is 0. The second-order valence-electron chi connectivity index (χ2n) is 10.9. The van der Waals surface area contributed by atoms with E-state index in [1.54, 1.807) is 0 Å². The second kappa shape index (κ2) is 11.8. The lowest BCUT2D eigenvalue weighted by molar-refractivity contribution is -0.118. The van der Waals surface area contributed by atoms with Crippen molar-refractivity contribution >= 4 is 22.9 Å². The number of ether oxygens (including phenoxy) is 1. The number of hydrogen-bond donors (Lipinski definition) is 2. The largest absolute Gasteiger partial charge is 0.491 e. The lowest BCUT2D eigenvalue weighted by Gasteiger charge is -2.34. The zero-order chi connectivity index (χ0) is 27.4. The van der Waals surface area contributed by atoms with E-state index in [4.69, 9.17) is 4.74 Å². The number of rotatable bonds is 8. The first-order valence-corrected chi connectivity index (χ1v) is 13.8. The van der Waals surface area contributed by atoms with Crippen molar-refractivity contribution < 1.29 is 19.4 Å². The number of amides is 2. The molecule has 0 saturated carbocycles. The van der Waals surface area contributed by atoms with Gasteiger partial charge in [0.15, 0.2) is 5.25 Å². The summed E-state index contributed by atoms with van der Waals surface area (Å²) >= 11 is 0.935. The summed E-state index contributed by atoms with van der Waals surface area (Å²) in [5.74, 6) is 6.47. The Morgan fingerprint density at radius 2 is 1.65 bits per heavy atom. The second-order valence-corrected chi connectivity index (χ2v) is 12.0. The van der Waals surface area contributed by atoms with Crippen LogP contribution in [0.2, 0.25) is 0 Å². The van der Waals surface area contributed by atoms with E-state index in [1.165, 1.54) is 11.1 Å². The van der Waals surface area contributed by atoms with Crippen LogP contribution in [0.4, 0.5) is 4.79 Å². The van der Waals surface area contributed by atoms with Gasteiger partial charge in [0.05, 0.1) is 6.10 Å². The first kappa shape index (κ1) is 28.8. The van der Waals surface area contributed by atoms with Crippen LogP contribution in [0.15, 0.2) is 36.4 Å². The molecule has 2 amide bonds. The van der Waals surface area contributed by atoms with Crippen LogP contribution in [0.3, 0.4) is 0 Å². The zero-order valence-electron chi connectivity index (χ0n) is 23.0. The van der Waals surface area contributed by atoms with Crippen LogP contribution < -0.4 is 10.1 Å². The Bertz CT molecular complexity index is 1210. The van der Waals surface area contributed by atoms with Crippen molar-refractivity contribution in [3.63, 3.8) is 0 Å². The molecule has 2 N–H and O–H groups in total. The number of hydrogen-bond acceptors (Lipinski definition) is 5. The van der Waals surface area contributed by atoms with Crippen LogP contribution in [0, 0.1) is 31.1 Å². The summed E-state index contributed by atoms with van der Waals surface area (Å²) in [4.78, 5) is 23.1. The number of thioether (sulfide) groups is 1. The molecule has 1 fully saturated rings. The third kappa shape index (κ3) is 6.58. The SMILES string of the molecule is CCC(CC)(c1ccc(CC#CC2SC(=O)NC2=O)c(C)c1)c1ccc(OCC(O)C(C)(C)C)c(C)c1. The monoisotopic (exact) mass is 521 g/mol. The Hall–Kier alpha value is -2.75. The molecule has 1 heterocycles. The molecule has 0 aliphatic carbocycles. The van der Waals surface area contributed by atoms with Crippen LogP contribution in [-0.4, -0.2) is 34.2 Å². The number of aliphatic hydroxyl groups is 1. The van der Waals surface area contributed by atoms with E-state index >= 15 is 0 Å². The van der Waals surface area contributed by atoms with Crippen molar-refractivity contribution in [2.45, 2.75) is 84.5 Å². The van der Waals surface area contributed by atoms with Gasteiger partial charge >= 0.3 is 0 Å². The highest BCUT2D eigenvalue weighted by Crippen LogP contribution is 2.41. The van der Waals surface area contributed by atoms with Gasteiger partial charge in [0.1, 0.15) is 12.4 Å². The van der Waals surface area contributed by atoms with E-state index in [1.807, 2.05) is 26.8 Å². The van der Waals surface area contributed by atoms with Crippen LogP contribution in [-0.2, 0) is 16.6 Å². The van der Waals surface area contributed by atoms with Gasteiger partial charge in [-0.2, -0.15) is 0 Å². The highest BCUT2D eigenvalue weighted by Gasteiger charge is 2.32. The van der Waals surface area contributed by atoms with Gasteiger partial charge in [-0.05, 0) is 77.7 Å². The molecule has 37 heavy (non-hydrogen) atoms. The molecule has 6 heteroatoms.